The molecule has 0 fully saturated rings. The van der Waals surface area contributed by atoms with Crippen molar-refractivity contribution in [3.63, 3.8) is 0 Å². The second-order valence-corrected chi connectivity index (χ2v) is 10.5. The van der Waals surface area contributed by atoms with Gasteiger partial charge in [0.25, 0.3) is 0 Å². The van der Waals surface area contributed by atoms with Crippen molar-refractivity contribution >= 4 is 32.2 Å². The van der Waals surface area contributed by atoms with Gasteiger partial charge in [-0.15, -0.1) is 0 Å². The predicted octanol–water partition coefficient (Wildman–Crippen LogP) is 3.35. The first kappa shape index (κ1) is 23.4. The lowest BCUT2D eigenvalue weighted by Gasteiger charge is -2.15. The van der Waals surface area contributed by atoms with Crippen LogP contribution < -0.4 is 9.47 Å². The molecule has 3 aromatic rings. The molecule has 0 aliphatic carbocycles. The minimum Gasteiger partial charge on any atom is -0.609 e. The van der Waals surface area contributed by atoms with Gasteiger partial charge in [0.1, 0.15) is 11.5 Å². The van der Waals surface area contributed by atoms with Crippen molar-refractivity contribution in [2.75, 3.05) is 20.0 Å². The number of hydrogen-bond donors (Lipinski definition) is 0. The van der Waals surface area contributed by atoms with Gasteiger partial charge in [-0.2, -0.15) is 8.96 Å². The van der Waals surface area contributed by atoms with Gasteiger partial charge in [0.05, 0.1) is 36.7 Å². The highest BCUT2D eigenvalue weighted by Gasteiger charge is 2.31. The second-order valence-electron chi connectivity index (χ2n) is 7.22. The van der Waals surface area contributed by atoms with Crippen LogP contribution in [0.15, 0.2) is 29.6 Å². The molecule has 1 atom stereocenters. The fourth-order valence-electron chi connectivity index (χ4n) is 3.38. The summed E-state index contributed by atoms with van der Waals surface area (Å²) >= 11 is -1.75. The summed E-state index contributed by atoms with van der Waals surface area (Å²) in [5.74, 6) is 1.18. The molecule has 31 heavy (non-hydrogen) atoms. The number of nitrogens with zero attached hydrogens (tertiary/aromatic N) is 3. The van der Waals surface area contributed by atoms with E-state index in [4.69, 9.17) is 9.47 Å². The standard InChI is InChI=1S/C21H27N3O5S2/c1-6-7-10-31(26,27)24-19-9-8-16(28-4)11-17(19)23-21(24)30(25)13-18-15(3)20(29-5)14(2)12-22-18/h8-9,11-12H,6-7,10,13H2,1-5H3. The van der Waals surface area contributed by atoms with Crippen molar-refractivity contribution < 1.29 is 22.4 Å². The Balaban J connectivity index is 2.11. The Hall–Kier alpha value is -2.30. The number of rotatable bonds is 9. The summed E-state index contributed by atoms with van der Waals surface area (Å²) in [7, 11) is -0.653. The molecule has 168 valence electrons. The number of aryl methyl sites for hydroxylation is 1. The average molecular weight is 466 g/mol. The highest BCUT2D eigenvalue weighted by atomic mass is 32.2. The van der Waals surface area contributed by atoms with Crippen LogP contribution >= 0.6 is 0 Å². The fourth-order valence-corrected chi connectivity index (χ4v) is 6.69. The van der Waals surface area contributed by atoms with Crippen molar-refractivity contribution in [3.05, 3.63) is 41.2 Å². The predicted molar refractivity (Wildman–Crippen MR) is 121 cm³/mol. The van der Waals surface area contributed by atoms with Crippen LogP contribution in [0.3, 0.4) is 0 Å². The van der Waals surface area contributed by atoms with E-state index in [0.29, 0.717) is 34.6 Å². The topological polar surface area (TPSA) is 106 Å². The van der Waals surface area contributed by atoms with Crippen LogP contribution in [0.1, 0.15) is 36.6 Å². The molecule has 0 N–H and O–H groups in total. The maximum Gasteiger partial charge on any atom is 0.338 e. The maximum absolute atomic E-state index is 13.4. The lowest BCUT2D eigenvalue weighted by Crippen LogP contribution is -2.22. The second kappa shape index (κ2) is 9.46. The number of pyridine rings is 1. The van der Waals surface area contributed by atoms with E-state index in [-0.39, 0.29) is 16.7 Å². The summed E-state index contributed by atoms with van der Waals surface area (Å²) in [6.07, 6.45) is 2.88. The van der Waals surface area contributed by atoms with Gasteiger partial charge >= 0.3 is 5.16 Å². The van der Waals surface area contributed by atoms with Crippen LogP contribution in [0.5, 0.6) is 11.5 Å². The molecule has 0 aliphatic rings. The van der Waals surface area contributed by atoms with Crippen molar-refractivity contribution in [2.45, 2.75) is 44.5 Å². The minimum atomic E-state index is -3.75. The molecule has 0 saturated heterocycles. The number of fused-ring (bicyclic) bond motifs is 1. The third kappa shape index (κ3) is 4.65. The molecular formula is C21H27N3O5S2. The largest absolute Gasteiger partial charge is 0.609 e. The number of ether oxygens (including phenoxy) is 2. The molecular weight excluding hydrogens is 438 g/mol. The minimum absolute atomic E-state index is 0.0138. The van der Waals surface area contributed by atoms with E-state index in [1.165, 1.54) is 7.11 Å². The average Bonchev–Trinajstić information content (AvgIpc) is 3.14. The van der Waals surface area contributed by atoms with E-state index in [1.54, 1.807) is 31.5 Å². The van der Waals surface area contributed by atoms with E-state index in [1.807, 2.05) is 20.8 Å². The molecule has 10 heteroatoms. The summed E-state index contributed by atoms with van der Waals surface area (Å²) in [6, 6.07) is 4.93. The van der Waals surface area contributed by atoms with Gasteiger partial charge in [-0.1, -0.05) is 13.3 Å². The third-order valence-corrected chi connectivity index (χ3v) is 8.11. The molecule has 8 nitrogen and oxygen atoms in total. The zero-order chi connectivity index (χ0) is 22.8. The van der Waals surface area contributed by atoms with E-state index in [9.17, 15) is 13.0 Å². The van der Waals surface area contributed by atoms with Crippen LogP contribution in [-0.2, 0) is 27.0 Å². The zero-order valence-corrected chi connectivity index (χ0v) is 20.0. The number of hydrogen-bond acceptors (Lipinski definition) is 7. The van der Waals surface area contributed by atoms with E-state index in [2.05, 4.69) is 9.97 Å². The Bertz CT molecular complexity index is 1190. The summed E-state index contributed by atoms with van der Waals surface area (Å²) in [6.45, 7) is 5.65. The number of benzene rings is 1. The zero-order valence-electron chi connectivity index (χ0n) is 18.3. The maximum atomic E-state index is 13.4. The van der Waals surface area contributed by atoms with Gasteiger partial charge in [-0.25, -0.2) is 8.42 Å². The highest BCUT2D eigenvalue weighted by molar-refractivity contribution is 7.93. The first-order valence-corrected chi connectivity index (χ1v) is 12.8. The summed E-state index contributed by atoms with van der Waals surface area (Å²) in [5.41, 5.74) is 3.01. The lowest BCUT2D eigenvalue weighted by molar-refractivity contribution is 0.407. The van der Waals surface area contributed by atoms with Crippen molar-refractivity contribution in [2.24, 2.45) is 0 Å². The quantitative estimate of drug-likeness (QED) is 0.446. The van der Waals surface area contributed by atoms with Crippen molar-refractivity contribution in [3.8, 4) is 11.5 Å². The molecule has 0 aliphatic heterocycles. The van der Waals surface area contributed by atoms with Gasteiger partial charge in [0.2, 0.25) is 10.0 Å². The molecule has 2 heterocycles. The smallest absolute Gasteiger partial charge is 0.338 e. The van der Waals surface area contributed by atoms with E-state index < -0.39 is 21.2 Å². The Morgan fingerprint density at radius 1 is 1.19 bits per heavy atom. The molecule has 0 radical (unpaired) electrons. The van der Waals surface area contributed by atoms with Gasteiger partial charge in [-0.05, 0) is 32.4 Å². The van der Waals surface area contributed by atoms with Gasteiger partial charge in [0, 0.05) is 34.6 Å². The van der Waals surface area contributed by atoms with Gasteiger partial charge in [-0.3, -0.25) is 4.98 Å². The Morgan fingerprint density at radius 2 is 1.94 bits per heavy atom. The van der Waals surface area contributed by atoms with Crippen LogP contribution in [0.4, 0.5) is 0 Å². The SMILES string of the molecule is CCCCS(=O)(=O)n1c([S+]([O-])Cc2ncc(C)c(OC)c2C)nc2cc(OC)ccc21. The van der Waals surface area contributed by atoms with Crippen LogP contribution in [0, 0.1) is 13.8 Å². The molecule has 3 rings (SSSR count). The third-order valence-electron chi connectivity index (χ3n) is 5.05. The molecule has 0 saturated carbocycles. The molecule has 1 unspecified atom stereocenters. The number of methoxy groups -OCH3 is 2. The summed E-state index contributed by atoms with van der Waals surface area (Å²) in [5, 5.41) is -0.0138. The molecule has 0 bridgehead atoms. The normalized spacial score (nSPS) is 12.8. The van der Waals surface area contributed by atoms with Crippen LogP contribution in [0.25, 0.3) is 11.0 Å². The number of unbranched alkanes of at least 4 members (excludes halogenated alkanes) is 1. The molecule has 1 aromatic carbocycles. The van der Waals surface area contributed by atoms with Gasteiger partial charge in [0.15, 0.2) is 5.75 Å². The van der Waals surface area contributed by atoms with Crippen molar-refractivity contribution in [1.82, 2.24) is 13.9 Å². The Morgan fingerprint density at radius 3 is 2.58 bits per heavy atom. The van der Waals surface area contributed by atoms with E-state index in [0.717, 1.165) is 21.5 Å². The van der Waals surface area contributed by atoms with Crippen LogP contribution in [-0.4, -0.2) is 46.9 Å². The lowest BCUT2D eigenvalue weighted by atomic mass is 10.1. The Labute approximate surface area is 185 Å². The monoisotopic (exact) mass is 465 g/mol. The van der Waals surface area contributed by atoms with Crippen molar-refractivity contribution in [1.29, 1.82) is 0 Å². The van der Waals surface area contributed by atoms with E-state index >= 15 is 0 Å². The highest BCUT2D eigenvalue weighted by Crippen LogP contribution is 2.30. The summed E-state index contributed by atoms with van der Waals surface area (Å²) < 4.78 is 51.4. The first-order chi connectivity index (χ1) is 14.7. The Kier molecular flexibility index (Phi) is 7.13. The fraction of sp³-hybridized carbons (Fsp3) is 0.429. The number of aromatic nitrogens is 3. The van der Waals surface area contributed by atoms with Gasteiger partial charge < -0.3 is 14.0 Å². The van der Waals surface area contributed by atoms with Crippen LogP contribution in [0.2, 0.25) is 0 Å². The molecule has 2 aromatic heterocycles. The molecule has 0 amide bonds. The first-order valence-electron chi connectivity index (χ1n) is 9.90. The number of imidazole rings is 1. The molecule has 0 spiro atoms. The summed E-state index contributed by atoms with van der Waals surface area (Å²) in [4.78, 5) is 8.82.